The molecule has 0 aliphatic heterocycles. The first-order valence-electron chi connectivity index (χ1n) is 16.3. The Hall–Kier alpha value is -4.67. The monoisotopic (exact) mass is 661 g/mol. The molecule has 0 aromatic heterocycles. The van der Waals surface area contributed by atoms with Crippen molar-refractivity contribution in [3.05, 3.63) is 133 Å². The summed E-state index contributed by atoms with van der Waals surface area (Å²) in [6.45, 7) is 13.9. The van der Waals surface area contributed by atoms with E-state index in [1.54, 1.807) is 21.3 Å². The van der Waals surface area contributed by atoms with Gasteiger partial charge in [0.2, 0.25) is 0 Å². The number of fused-ring (bicyclic) bond motifs is 1. The first-order valence-corrected chi connectivity index (χ1v) is 18.0. The minimum atomic E-state index is -2.55. The lowest BCUT2D eigenvalue weighted by atomic mass is 9.87. The van der Waals surface area contributed by atoms with Crippen molar-refractivity contribution in [2.24, 2.45) is 10.2 Å². The summed E-state index contributed by atoms with van der Waals surface area (Å²) in [6.07, 6.45) is 0. The number of nitrogens with zero attached hydrogens (tertiary/aromatic N) is 1. The Balaban J connectivity index is 1.57. The third-order valence-corrected chi connectivity index (χ3v) is 12.6. The normalized spacial score (nSPS) is 12.9. The van der Waals surface area contributed by atoms with Crippen molar-refractivity contribution in [3.8, 4) is 17.2 Å². The Kier molecular flexibility index (Phi) is 10.9. The van der Waals surface area contributed by atoms with Gasteiger partial charge in [-0.2, -0.15) is 0 Å². The van der Waals surface area contributed by atoms with Gasteiger partial charge < -0.3 is 24.8 Å². The molecule has 2 atom stereocenters. The van der Waals surface area contributed by atoms with E-state index in [1.807, 2.05) is 36.4 Å². The van der Waals surface area contributed by atoms with Gasteiger partial charge in [0.05, 0.1) is 52.8 Å². The SMILES string of the molecule is C=C(N[C@@H](C)c1cccc2ccccc12)N[C@H](CN=P(c1ccc(OC)cc1)(c1ccc(OC)cc1)c1ccc(OC)cc1)C(C)(C)C. The van der Waals surface area contributed by atoms with Crippen LogP contribution in [0.4, 0.5) is 0 Å². The molecule has 0 heterocycles. The lowest BCUT2D eigenvalue weighted by molar-refractivity contribution is 0.284. The molecule has 0 saturated carbocycles. The van der Waals surface area contributed by atoms with Crippen molar-refractivity contribution >= 4 is 33.7 Å². The summed E-state index contributed by atoms with van der Waals surface area (Å²) in [5.41, 5.74) is 1.10. The molecule has 0 bridgehead atoms. The Morgan fingerprint density at radius 1 is 0.667 bits per heavy atom. The molecule has 48 heavy (non-hydrogen) atoms. The number of rotatable bonds is 13. The van der Waals surface area contributed by atoms with Gasteiger partial charge >= 0.3 is 0 Å². The van der Waals surface area contributed by atoms with E-state index in [9.17, 15) is 0 Å². The fourth-order valence-electron chi connectivity index (χ4n) is 6.05. The maximum atomic E-state index is 5.79. The summed E-state index contributed by atoms with van der Waals surface area (Å²) in [5.74, 6) is 3.18. The van der Waals surface area contributed by atoms with E-state index < -0.39 is 7.05 Å². The van der Waals surface area contributed by atoms with Gasteiger partial charge in [-0.15, -0.1) is 0 Å². The first-order chi connectivity index (χ1) is 23.1. The molecule has 0 spiro atoms. The highest BCUT2D eigenvalue weighted by molar-refractivity contribution is 7.87. The molecule has 0 fully saturated rings. The van der Waals surface area contributed by atoms with E-state index >= 15 is 0 Å². The zero-order valence-electron chi connectivity index (χ0n) is 29.2. The number of methoxy groups -OCH3 is 3. The summed E-state index contributed by atoms with van der Waals surface area (Å²) in [5, 5.41) is 13.2. The molecule has 7 heteroatoms. The van der Waals surface area contributed by atoms with Crippen LogP contribution in [-0.2, 0) is 0 Å². The third-order valence-electron chi connectivity index (χ3n) is 8.89. The zero-order valence-corrected chi connectivity index (χ0v) is 30.1. The quantitative estimate of drug-likeness (QED) is 0.125. The maximum Gasteiger partial charge on any atom is 0.118 e. The van der Waals surface area contributed by atoms with E-state index in [0.717, 1.165) is 39.0 Å². The highest BCUT2D eigenvalue weighted by Gasteiger charge is 2.31. The number of benzene rings is 5. The smallest absolute Gasteiger partial charge is 0.118 e. The Labute approximate surface area is 286 Å². The first kappa shape index (κ1) is 34.7. The molecular weight excluding hydrogens is 613 g/mol. The van der Waals surface area contributed by atoms with Crippen molar-refractivity contribution < 1.29 is 14.2 Å². The van der Waals surface area contributed by atoms with Crippen LogP contribution in [0, 0.1) is 5.41 Å². The van der Waals surface area contributed by atoms with E-state index in [-0.39, 0.29) is 17.5 Å². The summed E-state index contributed by atoms with van der Waals surface area (Å²) < 4.78 is 22.4. The average Bonchev–Trinajstić information content (AvgIpc) is 3.11. The number of hydrogen-bond acceptors (Lipinski definition) is 6. The van der Waals surface area contributed by atoms with Crippen molar-refractivity contribution in [1.29, 1.82) is 0 Å². The van der Waals surface area contributed by atoms with Gasteiger partial charge in [-0.3, -0.25) is 4.74 Å². The van der Waals surface area contributed by atoms with E-state index in [2.05, 4.69) is 124 Å². The zero-order chi connectivity index (χ0) is 34.3. The predicted octanol–water partition coefficient (Wildman–Crippen LogP) is 8.17. The molecule has 5 aromatic carbocycles. The fourth-order valence-corrected chi connectivity index (χ4v) is 9.58. The minimum absolute atomic E-state index is 0.0219. The van der Waals surface area contributed by atoms with Crippen LogP contribution in [0.1, 0.15) is 39.3 Å². The molecule has 5 rings (SSSR count). The Bertz CT molecular complexity index is 1750. The maximum absolute atomic E-state index is 5.79. The van der Waals surface area contributed by atoms with Crippen molar-refractivity contribution in [2.75, 3.05) is 27.9 Å². The summed E-state index contributed by atoms with van der Waals surface area (Å²) in [6, 6.07) is 40.0. The Morgan fingerprint density at radius 2 is 1.12 bits per heavy atom. The standard InChI is InChI=1S/C41H48N3O3P/c1-29(38-15-11-13-31-12-9-10-14-39(31)38)43-30(2)44-40(41(3,4)5)28-42-48(35-22-16-32(45-6)17-23-35,36-24-18-33(46-7)19-25-36)37-26-20-34(47-8)21-27-37/h9-27,29,40,43-44H,2,28H2,1,3-8H3/t29-,40+/m0/s1. The van der Waals surface area contributed by atoms with Gasteiger partial charge in [-0.25, -0.2) is 0 Å². The lowest BCUT2D eigenvalue weighted by Crippen LogP contribution is -2.45. The van der Waals surface area contributed by atoms with Crippen molar-refractivity contribution in [2.45, 2.75) is 39.8 Å². The van der Waals surface area contributed by atoms with Gasteiger partial charge in [0.1, 0.15) is 17.2 Å². The summed E-state index contributed by atoms with van der Waals surface area (Å²) >= 11 is 0. The van der Waals surface area contributed by atoms with Gasteiger partial charge in [0, 0.05) is 15.9 Å². The number of ether oxygens (including phenoxy) is 3. The third kappa shape index (κ3) is 7.55. The van der Waals surface area contributed by atoms with Crippen LogP contribution in [-0.4, -0.2) is 33.9 Å². The van der Waals surface area contributed by atoms with Gasteiger partial charge in [-0.05, 0) is 101 Å². The van der Waals surface area contributed by atoms with Crippen LogP contribution >= 0.6 is 7.05 Å². The van der Waals surface area contributed by atoms with Crippen LogP contribution in [0.25, 0.3) is 10.8 Å². The molecule has 0 saturated heterocycles. The largest absolute Gasteiger partial charge is 0.497 e. The summed E-state index contributed by atoms with van der Waals surface area (Å²) in [4.78, 5) is 0. The molecule has 0 aliphatic rings. The van der Waals surface area contributed by atoms with Gasteiger partial charge in [-0.1, -0.05) is 69.8 Å². The van der Waals surface area contributed by atoms with Crippen LogP contribution in [0.5, 0.6) is 17.2 Å². The van der Waals surface area contributed by atoms with Gasteiger partial charge in [0.25, 0.3) is 0 Å². The molecule has 6 nitrogen and oxygen atoms in total. The highest BCUT2D eigenvalue weighted by atomic mass is 31.2. The minimum Gasteiger partial charge on any atom is -0.497 e. The number of hydrogen-bond donors (Lipinski definition) is 2. The van der Waals surface area contributed by atoms with Crippen molar-refractivity contribution in [3.63, 3.8) is 0 Å². The lowest BCUT2D eigenvalue weighted by Gasteiger charge is -2.35. The van der Waals surface area contributed by atoms with E-state index in [0.29, 0.717) is 6.54 Å². The molecule has 0 radical (unpaired) electrons. The van der Waals surface area contributed by atoms with E-state index in [4.69, 9.17) is 19.0 Å². The highest BCUT2D eigenvalue weighted by Crippen LogP contribution is 2.47. The number of nitrogens with one attached hydrogen (secondary N) is 2. The molecule has 2 N–H and O–H groups in total. The average molecular weight is 662 g/mol. The van der Waals surface area contributed by atoms with E-state index in [1.165, 1.54) is 16.3 Å². The molecular formula is C41H48N3O3P. The molecule has 0 amide bonds. The second-order valence-electron chi connectivity index (χ2n) is 13.0. The summed E-state index contributed by atoms with van der Waals surface area (Å²) in [7, 11) is 2.53. The molecule has 0 aliphatic carbocycles. The van der Waals surface area contributed by atoms with Crippen LogP contribution in [0.15, 0.2) is 132 Å². The molecule has 0 unspecified atom stereocenters. The van der Waals surface area contributed by atoms with Gasteiger partial charge in [0.15, 0.2) is 0 Å². The van der Waals surface area contributed by atoms with Crippen LogP contribution in [0.3, 0.4) is 0 Å². The predicted molar refractivity (Wildman–Crippen MR) is 203 cm³/mol. The topological polar surface area (TPSA) is 64.1 Å². The van der Waals surface area contributed by atoms with Crippen LogP contribution < -0.4 is 40.8 Å². The second-order valence-corrected chi connectivity index (χ2v) is 16.1. The fraction of sp³-hybridized carbons (Fsp3) is 0.268. The molecule has 5 aromatic rings. The molecule has 250 valence electrons. The van der Waals surface area contributed by atoms with Crippen LogP contribution in [0.2, 0.25) is 0 Å². The second kappa shape index (κ2) is 15.0. The van der Waals surface area contributed by atoms with Crippen molar-refractivity contribution in [1.82, 2.24) is 10.6 Å². The Morgan fingerprint density at radius 3 is 1.58 bits per heavy atom.